The predicted molar refractivity (Wildman–Crippen MR) is 87.6 cm³/mol. The Hall–Kier alpha value is -1.10. The quantitative estimate of drug-likeness (QED) is 0.851. The molecule has 0 fully saturated rings. The van der Waals surface area contributed by atoms with Gasteiger partial charge < -0.3 is 14.7 Å². The van der Waals surface area contributed by atoms with Gasteiger partial charge in [0.1, 0.15) is 11.4 Å². The van der Waals surface area contributed by atoms with Crippen LogP contribution >= 0.6 is 12.4 Å². The topological polar surface area (TPSA) is 45.1 Å². The van der Waals surface area contributed by atoms with Gasteiger partial charge in [-0.3, -0.25) is 4.99 Å². The average Bonchev–Trinajstić information content (AvgIpc) is 2.75. The molecule has 0 aromatic heterocycles. The number of para-hydroxylation sites is 1. The van der Waals surface area contributed by atoms with E-state index in [1.165, 1.54) is 0 Å². The second-order valence-electron chi connectivity index (χ2n) is 5.54. The Kier molecular flexibility index (Phi) is 5.25. The summed E-state index contributed by atoms with van der Waals surface area (Å²) in [7, 11) is 1.71. The monoisotopic (exact) mass is 310 g/mol. The molecule has 1 aromatic rings. The molecule has 0 saturated heterocycles. The fourth-order valence-electron chi connectivity index (χ4n) is 3.25. The first-order valence-corrected chi connectivity index (χ1v) is 7.40. The molecule has 2 heterocycles. The molecule has 2 aliphatic rings. The van der Waals surface area contributed by atoms with E-state index in [2.05, 4.69) is 16.0 Å². The number of aliphatic hydroxyl groups is 1. The Bertz CT molecular complexity index is 521. The maximum Gasteiger partial charge on any atom is 0.149 e. The summed E-state index contributed by atoms with van der Waals surface area (Å²) in [6.45, 7) is 2.52. The summed E-state index contributed by atoms with van der Waals surface area (Å²) in [6.07, 6.45) is 3.67. The highest BCUT2D eigenvalue weighted by Gasteiger charge is 2.47. The van der Waals surface area contributed by atoms with Crippen molar-refractivity contribution in [2.75, 3.05) is 31.7 Å². The van der Waals surface area contributed by atoms with E-state index in [9.17, 15) is 5.11 Å². The summed E-state index contributed by atoms with van der Waals surface area (Å²) in [4.78, 5) is 6.81. The Balaban J connectivity index is 0.00000161. The van der Waals surface area contributed by atoms with Crippen LogP contribution in [0.1, 0.15) is 31.2 Å². The molecule has 0 spiro atoms. The lowest BCUT2D eigenvalue weighted by molar-refractivity contribution is 0.0962. The van der Waals surface area contributed by atoms with Gasteiger partial charge in [0.15, 0.2) is 0 Å². The van der Waals surface area contributed by atoms with Gasteiger partial charge >= 0.3 is 0 Å². The minimum absolute atomic E-state index is 0. The summed E-state index contributed by atoms with van der Waals surface area (Å²) >= 11 is 0. The lowest BCUT2D eigenvalue weighted by Gasteiger charge is -2.30. The first-order chi connectivity index (χ1) is 9.77. The molecule has 1 unspecified atom stereocenters. The van der Waals surface area contributed by atoms with Crippen LogP contribution in [0.15, 0.2) is 29.3 Å². The van der Waals surface area contributed by atoms with Gasteiger partial charge in [0.2, 0.25) is 0 Å². The molecule has 0 radical (unpaired) electrons. The van der Waals surface area contributed by atoms with E-state index in [-0.39, 0.29) is 12.4 Å². The highest BCUT2D eigenvalue weighted by Crippen LogP contribution is 2.44. The summed E-state index contributed by atoms with van der Waals surface area (Å²) in [5.41, 5.74) is 1.23. The third kappa shape index (κ3) is 2.80. The summed E-state index contributed by atoms with van der Waals surface area (Å²) in [6, 6.07) is 8.15. The zero-order valence-corrected chi connectivity index (χ0v) is 13.2. The number of benzene rings is 1. The third-order valence-electron chi connectivity index (χ3n) is 4.20. The van der Waals surface area contributed by atoms with Gasteiger partial charge in [-0.15, -0.1) is 12.4 Å². The lowest BCUT2D eigenvalue weighted by atomic mass is 9.89. The number of hydrogen-bond donors (Lipinski definition) is 1. The van der Waals surface area contributed by atoms with Gasteiger partial charge in [0, 0.05) is 38.1 Å². The highest BCUT2D eigenvalue weighted by molar-refractivity contribution is 6.10. The fraction of sp³-hybridized carbons (Fsp3) is 0.562. The van der Waals surface area contributed by atoms with Crippen LogP contribution in [-0.4, -0.2) is 37.7 Å². The van der Waals surface area contributed by atoms with Crippen LogP contribution in [0.25, 0.3) is 0 Å². The Morgan fingerprint density at radius 3 is 2.95 bits per heavy atom. The average molecular weight is 311 g/mol. The molecule has 21 heavy (non-hydrogen) atoms. The van der Waals surface area contributed by atoms with E-state index in [4.69, 9.17) is 4.74 Å². The number of halogens is 1. The molecular weight excluding hydrogens is 288 g/mol. The lowest BCUT2D eigenvalue weighted by Crippen LogP contribution is -2.43. The van der Waals surface area contributed by atoms with Crippen LogP contribution in [-0.2, 0) is 10.3 Å². The molecule has 0 saturated carbocycles. The second kappa shape index (κ2) is 6.77. The third-order valence-corrected chi connectivity index (χ3v) is 4.20. The number of fused-ring (bicyclic) bond motifs is 3. The van der Waals surface area contributed by atoms with Gasteiger partial charge in [-0.25, -0.2) is 0 Å². The van der Waals surface area contributed by atoms with Crippen molar-refractivity contribution < 1.29 is 9.84 Å². The molecule has 0 bridgehead atoms. The number of aliphatic imine (C=N–C) groups is 1. The molecule has 0 amide bonds. The van der Waals surface area contributed by atoms with Crippen LogP contribution < -0.4 is 4.90 Å². The Morgan fingerprint density at radius 1 is 1.33 bits per heavy atom. The number of nitrogens with zero attached hydrogens (tertiary/aromatic N) is 2. The van der Waals surface area contributed by atoms with Crippen LogP contribution in [0.4, 0.5) is 5.69 Å². The van der Waals surface area contributed by atoms with Crippen molar-refractivity contribution in [1.82, 2.24) is 0 Å². The molecule has 2 aliphatic heterocycles. The minimum atomic E-state index is -0.912. The number of methoxy groups -OCH3 is 1. The van der Waals surface area contributed by atoms with Crippen LogP contribution in [0.2, 0.25) is 0 Å². The zero-order valence-electron chi connectivity index (χ0n) is 12.4. The van der Waals surface area contributed by atoms with Crippen molar-refractivity contribution in [1.29, 1.82) is 0 Å². The van der Waals surface area contributed by atoms with Crippen molar-refractivity contribution in [2.24, 2.45) is 4.99 Å². The van der Waals surface area contributed by atoms with Gasteiger partial charge in [-0.1, -0.05) is 18.2 Å². The van der Waals surface area contributed by atoms with E-state index >= 15 is 0 Å². The largest absolute Gasteiger partial charge is 0.385 e. The Labute approximate surface area is 132 Å². The highest BCUT2D eigenvalue weighted by atomic mass is 35.5. The molecule has 116 valence electrons. The van der Waals surface area contributed by atoms with Crippen molar-refractivity contribution in [3.63, 3.8) is 0 Å². The van der Waals surface area contributed by atoms with Gasteiger partial charge in [-0.05, 0) is 31.7 Å². The number of ether oxygens (including phenoxy) is 1. The maximum atomic E-state index is 11.2. The molecule has 0 aliphatic carbocycles. The molecule has 3 rings (SSSR count). The number of amidine groups is 1. The van der Waals surface area contributed by atoms with Crippen molar-refractivity contribution in [2.45, 2.75) is 31.3 Å². The number of unbranched alkanes of at least 4 members (excludes halogenated alkanes) is 1. The van der Waals surface area contributed by atoms with E-state index in [0.29, 0.717) is 6.42 Å². The summed E-state index contributed by atoms with van der Waals surface area (Å²) in [5, 5.41) is 11.2. The van der Waals surface area contributed by atoms with Crippen LogP contribution in [0, 0.1) is 0 Å². The molecule has 4 nitrogen and oxygen atoms in total. The molecule has 1 atom stereocenters. The summed E-state index contributed by atoms with van der Waals surface area (Å²) in [5.74, 6) is 0.849. The smallest absolute Gasteiger partial charge is 0.149 e. The first-order valence-electron chi connectivity index (χ1n) is 7.40. The number of rotatable bonds is 5. The normalized spacial score (nSPS) is 23.1. The standard InChI is InChI=1S/C16H22N2O2.ClH/c1-20-12-5-4-9-16(19)13-7-2-3-8-14(13)18-11-6-10-17-15(16)18;/h2-3,7-8,19H,4-6,9-12H2,1H3;1H. The minimum Gasteiger partial charge on any atom is -0.385 e. The predicted octanol–water partition coefficient (Wildman–Crippen LogP) is 2.73. The van der Waals surface area contributed by atoms with Gasteiger partial charge in [0.05, 0.1) is 0 Å². The van der Waals surface area contributed by atoms with Crippen LogP contribution in [0.5, 0.6) is 0 Å². The zero-order chi connectivity index (χ0) is 14.0. The van der Waals surface area contributed by atoms with E-state index in [0.717, 1.165) is 56.0 Å². The van der Waals surface area contributed by atoms with Gasteiger partial charge in [-0.2, -0.15) is 0 Å². The second-order valence-corrected chi connectivity index (χ2v) is 5.54. The van der Waals surface area contributed by atoms with Crippen molar-refractivity contribution in [3.8, 4) is 0 Å². The van der Waals surface area contributed by atoms with E-state index < -0.39 is 5.60 Å². The first kappa shape index (κ1) is 16.3. The molecule has 1 aromatic carbocycles. The fourth-order valence-corrected chi connectivity index (χ4v) is 3.25. The van der Waals surface area contributed by atoms with Gasteiger partial charge in [0.25, 0.3) is 0 Å². The molecule has 1 N–H and O–H groups in total. The maximum absolute atomic E-state index is 11.2. The number of anilines is 1. The van der Waals surface area contributed by atoms with Crippen molar-refractivity contribution >= 4 is 23.9 Å². The summed E-state index contributed by atoms with van der Waals surface area (Å²) < 4.78 is 5.09. The SMILES string of the molecule is COCCCCC1(O)C2=NCCCN2c2ccccc21.Cl. The number of hydrogen-bond acceptors (Lipinski definition) is 4. The van der Waals surface area contributed by atoms with Crippen LogP contribution in [0.3, 0.4) is 0 Å². The molecular formula is C16H23ClN2O2. The molecule has 5 heteroatoms. The van der Waals surface area contributed by atoms with E-state index in [1.807, 2.05) is 18.2 Å². The van der Waals surface area contributed by atoms with E-state index in [1.54, 1.807) is 7.11 Å². The Morgan fingerprint density at radius 2 is 2.14 bits per heavy atom. The van der Waals surface area contributed by atoms with Crippen molar-refractivity contribution in [3.05, 3.63) is 29.8 Å².